The van der Waals surface area contributed by atoms with Crippen LogP contribution >= 0.6 is 11.8 Å². The molecule has 4 nitrogen and oxygen atoms in total. The van der Waals surface area contributed by atoms with Crippen molar-refractivity contribution in [1.29, 1.82) is 0 Å². The molecular weight excluding hydrogens is 222 g/mol. The summed E-state index contributed by atoms with van der Waals surface area (Å²) in [5.41, 5.74) is 3.86. The Bertz CT molecular complexity index is 377. The third-order valence-corrected chi connectivity index (χ3v) is 3.56. The van der Waals surface area contributed by atoms with Crippen molar-refractivity contribution in [3.8, 4) is 0 Å². The molecule has 0 radical (unpaired) electrons. The highest BCUT2D eigenvalue weighted by Crippen LogP contribution is 2.20. The molecule has 1 saturated heterocycles. The number of benzene rings is 1. The number of carbonyl (C=O) groups excluding carboxylic acids is 1. The van der Waals surface area contributed by atoms with Crippen molar-refractivity contribution >= 4 is 23.4 Å². The third kappa shape index (κ3) is 2.48. The number of amides is 1. The van der Waals surface area contributed by atoms with Crippen molar-refractivity contribution in [2.75, 3.05) is 29.5 Å². The van der Waals surface area contributed by atoms with E-state index in [1.807, 2.05) is 30.0 Å². The van der Waals surface area contributed by atoms with Crippen LogP contribution in [-0.2, 0) is 0 Å². The Morgan fingerprint density at radius 3 is 2.81 bits per heavy atom. The Balaban J connectivity index is 2.17. The molecular formula is C11H15N3OS. The fourth-order valence-corrected chi connectivity index (χ4v) is 2.65. The molecule has 1 amide bonds. The summed E-state index contributed by atoms with van der Waals surface area (Å²) in [6.07, 6.45) is 0. The maximum Gasteiger partial charge on any atom is 0.265 e. The van der Waals surface area contributed by atoms with Crippen LogP contribution in [0.4, 0.5) is 5.69 Å². The fraction of sp³-hybridized carbons (Fsp3) is 0.364. The standard InChI is InChI=1S/C11H15N3OS/c12-13-11(15)9-2-1-3-10(8-9)14-4-6-16-7-5-14/h1-3,8H,4-7,12H2,(H,13,15). The number of hydrazine groups is 1. The number of anilines is 1. The van der Waals surface area contributed by atoms with E-state index in [1.165, 1.54) is 0 Å². The molecule has 86 valence electrons. The monoisotopic (exact) mass is 237 g/mol. The van der Waals surface area contributed by atoms with Gasteiger partial charge in [-0.3, -0.25) is 10.2 Å². The summed E-state index contributed by atoms with van der Waals surface area (Å²) in [6.45, 7) is 2.08. The molecule has 0 bridgehead atoms. The third-order valence-electron chi connectivity index (χ3n) is 2.62. The first-order valence-electron chi connectivity index (χ1n) is 5.25. The summed E-state index contributed by atoms with van der Waals surface area (Å²) in [5, 5.41) is 0. The second-order valence-electron chi connectivity index (χ2n) is 3.62. The lowest BCUT2D eigenvalue weighted by Crippen LogP contribution is -2.33. The molecule has 1 heterocycles. The first-order valence-corrected chi connectivity index (χ1v) is 6.40. The Labute approximate surface area is 99.2 Å². The van der Waals surface area contributed by atoms with Gasteiger partial charge in [0.25, 0.3) is 5.91 Å². The van der Waals surface area contributed by atoms with Gasteiger partial charge < -0.3 is 4.90 Å². The Kier molecular flexibility index (Phi) is 3.69. The van der Waals surface area contributed by atoms with Crippen LogP contribution in [0.2, 0.25) is 0 Å². The van der Waals surface area contributed by atoms with Crippen LogP contribution in [0.15, 0.2) is 24.3 Å². The van der Waals surface area contributed by atoms with Crippen LogP contribution in [0.3, 0.4) is 0 Å². The number of hydrogen-bond acceptors (Lipinski definition) is 4. The zero-order valence-electron chi connectivity index (χ0n) is 8.98. The van der Waals surface area contributed by atoms with Gasteiger partial charge in [0.1, 0.15) is 0 Å². The predicted molar refractivity (Wildman–Crippen MR) is 67.6 cm³/mol. The second kappa shape index (κ2) is 5.23. The molecule has 1 fully saturated rings. The Hall–Kier alpha value is -1.20. The lowest BCUT2D eigenvalue weighted by atomic mass is 10.2. The predicted octanol–water partition coefficient (Wildman–Crippen LogP) is 0.843. The molecule has 0 atom stereocenters. The largest absolute Gasteiger partial charge is 0.370 e. The number of thioether (sulfide) groups is 1. The molecule has 0 saturated carbocycles. The maximum atomic E-state index is 11.4. The molecule has 0 aromatic heterocycles. The number of hydrogen-bond donors (Lipinski definition) is 2. The Morgan fingerprint density at radius 2 is 2.12 bits per heavy atom. The normalized spacial score (nSPS) is 15.9. The minimum atomic E-state index is -0.242. The number of carbonyl (C=O) groups is 1. The van der Waals surface area contributed by atoms with Gasteiger partial charge in [-0.25, -0.2) is 5.84 Å². The van der Waals surface area contributed by atoms with E-state index in [1.54, 1.807) is 6.07 Å². The van der Waals surface area contributed by atoms with E-state index in [0.29, 0.717) is 5.56 Å². The number of nitrogens with zero attached hydrogens (tertiary/aromatic N) is 1. The summed E-state index contributed by atoms with van der Waals surface area (Å²) in [7, 11) is 0. The van der Waals surface area contributed by atoms with Crippen molar-refractivity contribution in [3.05, 3.63) is 29.8 Å². The van der Waals surface area contributed by atoms with Crippen LogP contribution < -0.4 is 16.2 Å². The van der Waals surface area contributed by atoms with E-state index in [0.717, 1.165) is 30.3 Å². The zero-order chi connectivity index (χ0) is 11.4. The molecule has 0 aliphatic carbocycles. The zero-order valence-corrected chi connectivity index (χ0v) is 9.80. The quantitative estimate of drug-likeness (QED) is 0.455. The van der Waals surface area contributed by atoms with Crippen molar-refractivity contribution in [2.24, 2.45) is 5.84 Å². The molecule has 1 aromatic carbocycles. The van der Waals surface area contributed by atoms with Gasteiger partial charge in [-0.2, -0.15) is 11.8 Å². The number of nitrogens with two attached hydrogens (primary N) is 1. The van der Waals surface area contributed by atoms with E-state index in [4.69, 9.17) is 5.84 Å². The minimum Gasteiger partial charge on any atom is -0.370 e. The minimum absolute atomic E-state index is 0.242. The lowest BCUT2D eigenvalue weighted by Gasteiger charge is -2.28. The van der Waals surface area contributed by atoms with Gasteiger partial charge in [0.2, 0.25) is 0 Å². The molecule has 0 unspecified atom stereocenters. The van der Waals surface area contributed by atoms with Crippen LogP contribution in [0, 0.1) is 0 Å². The van der Waals surface area contributed by atoms with Gasteiger partial charge in [-0.1, -0.05) is 6.07 Å². The summed E-state index contributed by atoms with van der Waals surface area (Å²) >= 11 is 1.97. The highest BCUT2D eigenvalue weighted by atomic mass is 32.2. The van der Waals surface area contributed by atoms with Crippen molar-refractivity contribution in [2.45, 2.75) is 0 Å². The summed E-state index contributed by atoms with van der Waals surface area (Å²) in [5.74, 6) is 7.17. The van der Waals surface area contributed by atoms with Gasteiger partial charge in [0.15, 0.2) is 0 Å². The molecule has 3 N–H and O–H groups in total. The lowest BCUT2D eigenvalue weighted by molar-refractivity contribution is 0.0953. The molecule has 1 aromatic rings. The van der Waals surface area contributed by atoms with E-state index in [-0.39, 0.29) is 5.91 Å². The van der Waals surface area contributed by atoms with Crippen LogP contribution in [0.25, 0.3) is 0 Å². The second-order valence-corrected chi connectivity index (χ2v) is 4.85. The molecule has 2 rings (SSSR count). The topological polar surface area (TPSA) is 58.4 Å². The van der Waals surface area contributed by atoms with E-state index in [9.17, 15) is 4.79 Å². The summed E-state index contributed by atoms with van der Waals surface area (Å²) in [6, 6.07) is 7.58. The first kappa shape index (κ1) is 11.3. The average molecular weight is 237 g/mol. The molecule has 1 aliphatic rings. The molecule has 5 heteroatoms. The average Bonchev–Trinajstić information content (AvgIpc) is 2.39. The van der Waals surface area contributed by atoms with E-state index >= 15 is 0 Å². The highest BCUT2D eigenvalue weighted by Gasteiger charge is 2.12. The van der Waals surface area contributed by atoms with Gasteiger partial charge in [0.05, 0.1) is 0 Å². The number of rotatable bonds is 2. The molecule has 0 spiro atoms. The first-order chi connectivity index (χ1) is 7.81. The number of nitrogens with one attached hydrogen (secondary N) is 1. The maximum absolute atomic E-state index is 11.4. The fourth-order valence-electron chi connectivity index (χ4n) is 1.75. The van der Waals surface area contributed by atoms with Crippen LogP contribution in [-0.4, -0.2) is 30.5 Å². The van der Waals surface area contributed by atoms with E-state index < -0.39 is 0 Å². The summed E-state index contributed by atoms with van der Waals surface area (Å²) in [4.78, 5) is 13.7. The molecule has 16 heavy (non-hydrogen) atoms. The van der Waals surface area contributed by atoms with Crippen molar-refractivity contribution < 1.29 is 4.79 Å². The van der Waals surface area contributed by atoms with Gasteiger partial charge in [0, 0.05) is 35.8 Å². The van der Waals surface area contributed by atoms with Crippen molar-refractivity contribution in [3.63, 3.8) is 0 Å². The van der Waals surface area contributed by atoms with Gasteiger partial charge in [-0.05, 0) is 18.2 Å². The molecule has 1 aliphatic heterocycles. The van der Waals surface area contributed by atoms with Gasteiger partial charge >= 0.3 is 0 Å². The summed E-state index contributed by atoms with van der Waals surface area (Å²) < 4.78 is 0. The van der Waals surface area contributed by atoms with E-state index in [2.05, 4.69) is 10.3 Å². The SMILES string of the molecule is NNC(=O)c1cccc(N2CCSCC2)c1. The highest BCUT2D eigenvalue weighted by molar-refractivity contribution is 7.99. The van der Waals surface area contributed by atoms with Gasteiger partial charge in [-0.15, -0.1) is 0 Å². The Morgan fingerprint density at radius 1 is 1.38 bits per heavy atom. The van der Waals surface area contributed by atoms with Crippen LogP contribution in [0.1, 0.15) is 10.4 Å². The van der Waals surface area contributed by atoms with Crippen LogP contribution in [0.5, 0.6) is 0 Å². The van der Waals surface area contributed by atoms with Crippen molar-refractivity contribution in [1.82, 2.24) is 5.43 Å². The number of nitrogen functional groups attached to an aromatic ring is 1. The smallest absolute Gasteiger partial charge is 0.265 e.